The average molecular weight is 181 g/mol. The topological polar surface area (TPSA) is 53.3 Å². The van der Waals surface area contributed by atoms with Gasteiger partial charge in [-0.3, -0.25) is 5.10 Å². The lowest BCUT2D eigenvalue weighted by molar-refractivity contribution is 0.277. The van der Waals surface area contributed by atoms with Crippen LogP contribution in [0.15, 0.2) is 18.3 Å². The van der Waals surface area contributed by atoms with E-state index in [4.69, 9.17) is 17.3 Å². The highest BCUT2D eigenvalue weighted by atomic mass is 32.1. The third kappa shape index (κ3) is 1.03. The summed E-state index contributed by atoms with van der Waals surface area (Å²) in [4.78, 5) is 4.13. The van der Waals surface area contributed by atoms with Crippen LogP contribution in [0.4, 0.5) is 0 Å². The fourth-order valence-electron chi connectivity index (χ4n) is 1.06. The van der Waals surface area contributed by atoms with E-state index in [1.54, 1.807) is 22.8 Å². The summed E-state index contributed by atoms with van der Waals surface area (Å²) in [5, 5.41) is 11.7. The van der Waals surface area contributed by atoms with Crippen LogP contribution < -0.4 is 0 Å². The molecule has 0 fully saturated rings. The molecule has 2 N–H and O–H groups in total. The zero-order valence-corrected chi connectivity index (χ0v) is 7.01. The lowest BCUT2D eigenvalue weighted by atomic mass is 10.4. The molecule has 0 aromatic carbocycles. The molecule has 0 aliphatic carbocycles. The van der Waals surface area contributed by atoms with Crippen molar-refractivity contribution in [3.8, 4) is 0 Å². The molecule has 0 saturated carbocycles. The second-order valence-corrected chi connectivity index (χ2v) is 2.82. The zero-order chi connectivity index (χ0) is 8.55. The number of nitrogens with zero attached hydrogens (tertiary/aromatic N) is 2. The molecule has 0 unspecified atom stereocenters. The average Bonchev–Trinajstić information content (AvgIpc) is 2.52. The van der Waals surface area contributed by atoms with E-state index >= 15 is 0 Å². The minimum absolute atomic E-state index is 0.0781. The van der Waals surface area contributed by atoms with Gasteiger partial charge in [0.15, 0.2) is 5.65 Å². The van der Waals surface area contributed by atoms with Gasteiger partial charge in [-0.25, -0.2) is 9.50 Å². The normalized spacial score (nSPS) is 10.8. The minimum atomic E-state index is -0.0781. The molecule has 2 rings (SSSR count). The van der Waals surface area contributed by atoms with Crippen LogP contribution in [-0.4, -0.2) is 19.7 Å². The molecule has 0 aliphatic heterocycles. The lowest BCUT2D eigenvalue weighted by Crippen LogP contribution is -1.96. The summed E-state index contributed by atoms with van der Waals surface area (Å²) in [5.74, 6) is 0. The van der Waals surface area contributed by atoms with E-state index in [0.29, 0.717) is 10.3 Å². The predicted molar refractivity (Wildman–Crippen MR) is 46.3 cm³/mol. The Kier molecular flexibility index (Phi) is 1.67. The summed E-state index contributed by atoms with van der Waals surface area (Å²) in [6.45, 7) is -0.0781. The third-order valence-electron chi connectivity index (χ3n) is 1.60. The Bertz CT molecular complexity index is 459. The second-order valence-electron chi connectivity index (χ2n) is 2.40. The van der Waals surface area contributed by atoms with Gasteiger partial charge in [0, 0.05) is 12.3 Å². The summed E-state index contributed by atoms with van der Waals surface area (Å²) in [7, 11) is 0. The molecule has 2 aromatic heterocycles. The number of rotatable bonds is 1. The molecular weight excluding hydrogens is 174 g/mol. The number of hydrogen-bond acceptors (Lipinski definition) is 3. The Balaban J connectivity index is 2.84. The van der Waals surface area contributed by atoms with Crippen molar-refractivity contribution in [2.75, 3.05) is 0 Å². The van der Waals surface area contributed by atoms with Gasteiger partial charge in [0.05, 0.1) is 12.3 Å². The van der Waals surface area contributed by atoms with Crippen LogP contribution in [0.3, 0.4) is 0 Å². The van der Waals surface area contributed by atoms with Gasteiger partial charge in [0.2, 0.25) is 0 Å². The number of hydrogen-bond donors (Lipinski definition) is 2. The molecule has 0 amide bonds. The molecule has 0 spiro atoms. The molecule has 12 heavy (non-hydrogen) atoms. The van der Waals surface area contributed by atoms with Gasteiger partial charge in [0.1, 0.15) is 4.64 Å². The molecule has 0 saturated heterocycles. The molecular formula is C7H7N3OS. The molecule has 0 radical (unpaired) electrons. The SMILES string of the molecule is OCc1cc(=S)n2[nH]ccc2n1. The van der Waals surface area contributed by atoms with Crippen molar-refractivity contribution in [1.82, 2.24) is 14.6 Å². The first-order chi connectivity index (χ1) is 5.81. The number of aromatic nitrogens is 3. The van der Waals surface area contributed by atoms with Crippen LogP contribution >= 0.6 is 12.2 Å². The number of fused-ring (bicyclic) bond motifs is 1. The van der Waals surface area contributed by atoms with E-state index in [0.717, 1.165) is 5.65 Å². The fourth-order valence-corrected chi connectivity index (χ4v) is 1.34. The van der Waals surface area contributed by atoms with Gasteiger partial charge < -0.3 is 5.11 Å². The highest BCUT2D eigenvalue weighted by molar-refractivity contribution is 7.71. The summed E-state index contributed by atoms with van der Waals surface area (Å²) >= 11 is 5.04. The van der Waals surface area contributed by atoms with E-state index < -0.39 is 0 Å². The molecule has 0 atom stereocenters. The summed E-state index contributed by atoms with van der Waals surface area (Å²) < 4.78 is 2.29. The highest BCUT2D eigenvalue weighted by Crippen LogP contribution is 2.02. The molecule has 5 heteroatoms. The number of H-pyrrole nitrogens is 1. The first-order valence-electron chi connectivity index (χ1n) is 3.48. The maximum Gasteiger partial charge on any atom is 0.154 e. The Morgan fingerprint density at radius 2 is 2.50 bits per heavy atom. The van der Waals surface area contributed by atoms with Crippen LogP contribution in [0, 0.1) is 4.64 Å². The van der Waals surface area contributed by atoms with Crippen molar-refractivity contribution in [2.45, 2.75) is 6.61 Å². The molecule has 0 aliphatic rings. The Morgan fingerprint density at radius 3 is 3.25 bits per heavy atom. The van der Waals surface area contributed by atoms with Crippen molar-refractivity contribution >= 4 is 17.9 Å². The van der Waals surface area contributed by atoms with Crippen molar-refractivity contribution in [3.63, 3.8) is 0 Å². The van der Waals surface area contributed by atoms with Gasteiger partial charge in [-0.1, -0.05) is 12.2 Å². The minimum Gasteiger partial charge on any atom is -0.390 e. The van der Waals surface area contributed by atoms with Crippen molar-refractivity contribution < 1.29 is 5.11 Å². The van der Waals surface area contributed by atoms with E-state index in [1.807, 2.05) is 0 Å². The maximum atomic E-state index is 8.83. The fraction of sp³-hybridized carbons (Fsp3) is 0.143. The third-order valence-corrected chi connectivity index (χ3v) is 1.90. The van der Waals surface area contributed by atoms with Gasteiger partial charge in [-0.05, 0) is 6.07 Å². The molecule has 62 valence electrons. The number of nitrogens with one attached hydrogen (secondary N) is 1. The largest absolute Gasteiger partial charge is 0.390 e. The Morgan fingerprint density at radius 1 is 1.67 bits per heavy atom. The van der Waals surface area contributed by atoms with E-state index in [9.17, 15) is 0 Å². The first-order valence-corrected chi connectivity index (χ1v) is 3.89. The van der Waals surface area contributed by atoms with Gasteiger partial charge in [-0.15, -0.1) is 0 Å². The van der Waals surface area contributed by atoms with Crippen LogP contribution in [0.1, 0.15) is 5.69 Å². The van der Waals surface area contributed by atoms with E-state index in [-0.39, 0.29) is 6.61 Å². The summed E-state index contributed by atoms with van der Waals surface area (Å²) in [6.07, 6.45) is 1.75. The summed E-state index contributed by atoms with van der Waals surface area (Å²) in [5.41, 5.74) is 1.33. The smallest absolute Gasteiger partial charge is 0.154 e. The number of aromatic amines is 1. The standard InChI is InChI=1S/C7H7N3OS/c11-4-5-3-7(12)10-6(9-5)1-2-8-10/h1-3,8,11H,4H2. The van der Waals surface area contributed by atoms with Crippen LogP contribution in [-0.2, 0) is 6.61 Å². The Hall–Kier alpha value is -1.20. The van der Waals surface area contributed by atoms with Gasteiger partial charge in [-0.2, -0.15) is 0 Å². The lowest BCUT2D eigenvalue weighted by Gasteiger charge is -1.96. The predicted octanol–water partition coefficient (Wildman–Crippen LogP) is 0.884. The quantitative estimate of drug-likeness (QED) is 0.642. The van der Waals surface area contributed by atoms with Crippen molar-refractivity contribution in [2.24, 2.45) is 0 Å². The van der Waals surface area contributed by atoms with Crippen LogP contribution in [0.2, 0.25) is 0 Å². The number of aliphatic hydroxyl groups excluding tert-OH is 1. The molecule has 0 bridgehead atoms. The monoisotopic (exact) mass is 181 g/mol. The summed E-state index contributed by atoms with van der Waals surface area (Å²) in [6, 6.07) is 3.47. The second kappa shape index (κ2) is 2.69. The Labute approximate surface area is 73.5 Å². The molecule has 2 heterocycles. The maximum absolute atomic E-state index is 8.83. The van der Waals surface area contributed by atoms with Crippen molar-refractivity contribution in [3.05, 3.63) is 28.7 Å². The first kappa shape index (κ1) is 7.45. The van der Waals surface area contributed by atoms with Gasteiger partial charge >= 0.3 is 0 Å². The van der Waals surface area contributed by atoms with Crippen LogP contribution in [0.25, 0.3) is 5.65 Å². The van der Waals surface area contributed by atoms with E-state index in [1.165, 1.54) is 0 Å². The van der Waals surface area contributed by atoms with Crippen molar-refractivity contribution in [1.29, 1.82) is 0 Å². The zero-order valence-electron chi connectivity index (χ0n) is 6.19. The molecule has 2 aromatic rings. The van der Waals surface area contributed by atoms with E-state index in [2.05, 4.69) is 10.1 Å². The van der Waals surface area contributed by atoms with Gasteiger partial charge in [0.25, 0.3) is 0 Å². The highest BCUT2D eigenvalue weighted by Gasteiger charge is 1.97. The molecule has 4 nitrogen and oxygen atoms in total. The van der Waals surface area contributed by atoms with Crippen LogP contribution in [0.5, 0.6) is 0 Å². The number of aliphatic hydroxyl groups is 1.